The first-order valence-corrected chi connectivity index (χ1v) is 3.29. The van der Waals surface area contributed by atoms with E-state index in [0.29, 0.717) is 0 Å². The molecule has 0 saturated carbocycles. The van der Waals surface area contributed by atoms with Crippen LogP contribution in [0.1, 0.15) is 6.42 Å². The Labute approximate surface area is 35.7 Å². The minimum absolute atomic E-state index is 1.08. The second-order valence-electron chi connectivity index (χ2n) is 0.893. The minimum Gasteiger partial charge on any atom is -0.539 e. The van der Waals surface area contributed by atoms with Crippen LogP contribution in [0.25, 0.3) is 0 Å². The zero-order valence-corrected chi connectivity index (χ0v) is 4.46. The van der Waals surface area contributed by atoms with Gasteiger partial charge in [0.15, 0.2) is 0 Å². The fourth-order valence-electron chi connectivity index (χ4n) is 0.158. The van der Waals surface area contributed by atoms with Crippen molar-refractivity contribution >= 4 is 8.58 Å². The third-order valence-electron chi connectivity index (χ3n) is 0.382. The van der Waals surface area contributed by atoms with Gasteiger partial charge in [-0.15, -0.1) is 6.16 Å². The van der Waals surface area contributed by atoms with Crippen molar-refractivity contribution in [2.45, 2.75) is 6.42 Å². The molecule has 0 fully saturated rings. The smallest absolute Gasteiger partial charge is 0.0593 e. The monoisotopic (exact) mass is 88.0 g/mol. The van der Waals surface area contributed by atoms with Crippen molar-refractivity contribution in [3.05, 3.63) is 6.92 Å². The lowest BCUT2D eigenvalue weighted by molar-refractivity contribution is 1.24. The van der Waals surface area contributed by atoms with Gasteiger partial charge in [0, 0.05) is 0 Å². The summed E-state index contributed by atoms with van der Waals surface area (Å²) < 4.78 is 0. The van der Waals surface area contributed by atoms with Crippen LogP contribution in [-0.2, 0) is 0 Å². The Kier molecular flexibility index (Phi) is 4.56. The van der Waals surface area contributed by atoms with Crippen molar-refractivity contribution in [2.75, 3.05) is 12.8 Å². The zero-order chi connectivity index (χ0) is 4.12. The fraction of sp³-hybridized carbons (Fsp3) is 0.750. The molecule has 0 saturated heterocycles. The molecule has 0 radical (unpaired) electrons. The Morgan fingerprint density at radius 3 is 2.40 bits per heavy atom. The predicted molar refractivity (Wildman–Crippen MR) is 27.7 cm³/mol. The summed E-state index contributed by atoms with van der Waals surface area (Å²) in [4.78, 5) is 0. The molecule has 0 unspecified atom stereocenters. The first-order valence-electron chi connectivity index (χ1n) is 1.76. The standard InChI is InChI=1S/C4H9P/c1-3-4-5-2/h1,3-4H2,2H3. The third-order valence-corrected chi connectivity index (χ3v) is 1.15. The van der Waals surface area contributed by atoms with Gasteiger partial charge in [0.2, 0.25) is 0 Å². The van der Waals surface area contributed by atoms with Gasteiger partial charge in [-0.2, -0.15) is 6.66 Å². The highest BCUT2D eigenvalue weighted by atomic mass is 31.1. The van der Waals surface area contributed by atoms with Gasteiger partial charge in [0.25, 0.3) is 0 Å². The Balaban J connectivity index is 2.19. The van der Waals surface area contributed by atoms with Crippen molar-refractivity contribution in [3.63, 3.8) is 0 Å². The average Bonchev–Trinajstić information content (AvgIpc) is 1.41. The maximum Gasteiger partial charge on any atom is 0.0593 e. The lowest BCUT2D eigenvalue weighted by atomic mass is 10.6. The maximum absolute atomic E-state index is 3.67. The molecule has 0 spiro atoms. The van der Waals surface area contributed by atoms with Crippen molar-refractivity contribution < 1.29 is 0 Å². The molecular weight excluding hydrogens is 79.0 g/mol. The molecule has 5 heavy (non-hydrogen) atoms. The van der Waals surface area contributed by atoms with E-state index in [9.17, 15) is 0 Å². The van der Waals surface area contributed by atoms with E-state index in [1.807, 2.05) is 0 Å². The second-order valence-corrected chi connectivity index (χ2v) is 1.97. The third kappa shape index (κ3) is 4.30. The quantitative estimate of drug-likeness (QED) is 0.356. The van der Waals surface area contributed by atoms with E-state index >= 15 is 0 Å². The number of hydrogen-bond acceptors (Lipinski definition) is 0. The second kappa shape index (κ2) is 4.30. The van der Waals surface area contributed by atoms with Gasteiger partial charge in [0.05, 0.1) is 13.3 Å². The van der Waals surface area contributed by atoms with Crippen LogP contribution in [0, 0.1) is 6.92 Å². The van der Waals surface area contributed by atoms with Crippen LogP contribution in [0.4, 0.5) is 0 Å². The lowest BCUT2D eigenvalue weighted by Crippen LogP contribution is -1.62. The van der Waals surface area contributed by atoms with Crippen molar-refractivity contribution in [3.8, 4) is 0 Å². The SMILES string of the molecule is [CH2+]CC[P-]C. The van der Waals surface area contributed by atoms with Gasteiger partial charge < -0.3 is 8.58 Å². The summed E-state index contributed by atoms with van der Waals surface area (Å²) in [7, 11) is 1.47. The van der Waals surface area contributed by atoms with Crippen LogP contribution in [0.15, 0.2) is 0 Å². The summed E-state index contributed by atoms with van der Waals surface area (Å²) in [6, 6.07) is 0. The summed E-state index contributed by atoms with van der Waals surface area (Å²) in [6.07, 6.45) is 2.33. The Morgan fingerprint density at radius 1 is 1.80 bits per heavy atom. The molecule has 0 N–H and O–H groups in total. The largest absolute Gasteiger partial charge is 0.539 e. The average molecular weight is 88.1 g/mol. The molecule has 0 aromatic rings. The highest BCUT2D eigenvalue weighted by molar-refractivity contribution is 7.36. The lowest BCUT2D eigenvalue weighted by Gasteiger charge is -1.96. The predicted octanol–water partition coefficient (Wildman–Crippen LogP) is 1.79. The summed E-state index contributed by atoms with van der Waals surface area (Å²) in [5.41, 5.74) is 0. The van der Waals surface area contributed by atoms with Gasteiger partial charge in [0.1, 0.15) is 0 Å². The summed E-state index contributed by atoms with van der Waals surface area (Å²) in [5.74, 6) is 0. The molecule has 0 aliphatic rings. The van der Waals surface area contributed by atoms with E-state index in [-0.39, 0.29) is 0 Å². The fourth-order valence-corrected chi connectivity index (χ4v) is 0.474. The summed E-state index contributed by atoms with van der Waals surface area (Å²) in [6.45, 7) is 5.81. The van der Waals surface area contributed by atoms with Gasteiger partial charge >= 0.3 is 0 Å². The molecule has 0 bridgehead atoms. The Hall–Kier alpha value is 0.300. The molecule has 0 aromatic carbocycles. The molecular formula is C4H9P. The Bertz CT molecular complexity index is 11.1. The minimum atomic E-state index is 1.08. The van der Waals surface area contributed by atoms with Gasteiger partial charge in [-0.25, -0.2) is 0 Å². The highest BCUT2D eigenvalue weighted by Gasteiger charge is 1.61. The first-order chi connectivity index (χ1) is 2.41. The van der Waals surface area contributed by atoms with Crippen molar-refractivity contribution in [2.24, 2.45) is 0 Å². The van der Waals surface area contributed by atoms with E-state index in [0.717, 1.165) is 6.42 Å². The van der Waals surface area contributed by atoms with Crippen LogP contribution >= 0.6 is 8.58 Å². The highest BCUT2D eigenvalue weighted by Crippen LogP contribution is 2.00. The van der Waals surface area contributed by atoms with Gasteiger partial charge in [-0.05, 0) is 0 Å². The van der Waals surface area contributed by atoms with Gasteiger partial charge in [-0.1, -0.05) is 0 Å². The molecule has 1 heteroatoms. The molecule has 0 aliphatic heterocycles. The van der Waals surface area contributed by atoms with E-state index < -0.39 is 0 Å². The van der Waals surface area contributed by atoms with Crippen LogP contribution in [0.2, 0.25) is 0 Å². The van der Waals surface area contributed by atoms with Crippen LogP contribution in [0.5, 0.6) is 0 Å². The number of hydrogen-bond donors (Lipinski definition) is 0. The first kappa shape index (κ1) is 5.30. The van der Waals surface area contributed by atoms with Gasteiger partial charge in [-0.3, -0.25) is 0 Å². The molecule has 30 valence electrons. The van der Waals surface area contributed by atoms with E-state index in [4.69, 9.17) is 0 Å². The summed E-state index contributed by atoms with van der Waals surface area (Å²) >= 11 is 0. The molecule has 0 aliphatic carbocycles. The molecule has 0 rings (SSSR count). The van der Waals surface area contributed by atoms with Crippen LogP contribution < -0.4 is 0 Å². The molecule has 0 atom stereocenters. The topological polar surface area (TPSA) is 0 Å². The zero-order valence-electron chi connectivity index (χ0n) is 3.57. The summed E-state index contributed by atoms with van der Waals surface area (Å²) in [5, 5.41) is 0. The van der Waals surface area contributed by atoms with Crippen molar-refractivity contribution in [1.29, 1.82) is 0 Å². The van der Waals surface area contributed by atoms with Crippen LogP contribution in [0.3, 0.4) is 0 Å². The van der Waals surface area contributed by atoms with Crippen molar-refractivity contribution in [1.82, 2.24) is 0 Å². The van der Waals surface area contributed by atoms with E-state index in [2.05, 4.69) is 13.6 Å². The normalized spacial score (nSPS) is 10.6. The molecule has 0 nitrogen and oxygen atoms in total. The number of rotatable bonds is 2. The Morgan fingerprint density at radius 2 is 2.40 bits per heavy atom. The van der Waals surface area contributed by atoms with E-state index in [1.54, 1.807) is 0 Å². The van der Waals surface area contributed by atoms with E-state index in [1.165, 1.54) is 14.7 Å². The van der Waals surface area contributed by atoms with Crippen LogP contribution in [-0.4, -0.2) is 12.8 Å². The maximum atomic E-state index is 3.67. The molecule has 0 amide bonds. The molecule has 0 heterocycles. The molecule has 0 aromatic heterocycles.